The normalized spacial score (nSPS) is 10.7. The minimum atomic E-state index is -0.630. The Bertz CT molecular complexity index is 992. The molecule has 0 saturated heterocycles. The van der Waals surface area contributed by atoms with Crippen LogP contribution < -0.4 is 0 Å². The zero-order chi connectivity index (χ0) is 19.2. The minimum absolute atomic E-state index is 0.193. The van der Waals surface area contributed by atoms with Crippen molar-refractivity contribution >= 4 is 0 Å². The van der Waals surface area contributed by atoms with Crippen LogP contribution in [0.1, 0.15) is 29.2 Å². The van der Waals surface area contributed by atoms with Gasteiger partial charge in [-0.15, -0.1) is 0 Å². The highest BCUT2D eigenvalue weighted by Crippen LogP contribution is 2.21. The van der Waals surface area contributed by atoms with Gasteiger partial charge in [0.25, 0.3) is 0 Å². The fourth-order valence-electron chi connectivity index (χ4n) is 2.79. The first-order valence-electron chi connectivity index (χ1n) is 8.85. The van der Waals surface area contributed by atoms with Gasteiger partial charge >= 0.3 is 0 Å². The van der Waals surface area contributed by atoms with Crippen molar-refractivity contribution in [3.8, 4) is 23.0 Å². The Morgan fingerprint density at radius 3 is 1.93 bits per heavy atom. The summed E-state index contributed by atoms with van der Waals surface area (Å²) in [6.45, 7) is 3.66. The molecule has 27 heavy (non-hydrogen) atoms. The average Bonchev–Trinajstić information content (AvgIpc) is 2.66. The van der Waals surface area contributed by atoms with E-state index in [2.05, 4.69) is 42.2 Å². The zero-order valence-corrected chi connectivity index (χ0v) is 15.4. The van der Waals surface area contributed by atoms with E-state index in [4.69, 9.17) is 0 Å². The van der Waals surface area contributed by atoms with Crippen LogP contribution in [0.5, 0.6) is 0 Å². The average molecular weight is 358 g/mol. The minimum Gasteiger partial charge on any atom is -0.206 e. The monoisotopic (exact) mass is 358 g/mol. The first-order valence-corrected chi connectivity index (χ1v) is 8.85. The number of aryl methyl sites for hydroxylation is 1. The molecular formula is C25H20F2. The summed E-state index contributed by atoms with van der Waals surface area (Å²) in [5, 5.41) is 0. The first-order chi connectivity index (χ1) is 13.1. The fraction of sp³-hybridized carbons (Fsp3) is 0.120. The van der Waals surface area contributed by atoms with Crippen molar-refractivity contribution in [2.75, 3.05) is 0 Å². The molecule has 134 valence electrons. The number of hydrogen-bond acceptors (Lipinski definition) is 0. The van der Waals surface area contributed by atoms with E-state index in [0.29, 0.717) is 11.1 Å². The van der Waals surface area contributed by atoms with Crippen LogP contribution in [0.15, 0.2) is 72.8 Å². The van der Waals surface area contributed by atoms with Gasteiger partial charge in [-0.2, -0.15) is 0 Å². The highest BCUT2D eigenvalue weighted by Gasteiger charge is 2.07. The van der Waals surface area contributed by atoms with E-state index < -0.39 is 11.6 Å². The Morgan fingerprint density at radius 2 is 1.37 bits per heavy atom. The van der Waals surface area contributed by atoms with Gasteiger partial charge < -0.3 is 0 Å². The topological polar surface area (TPSA) is 0 Å². The van der Waals surface area contributed by atoms with E-state index >= 15 is 0 Å². The highest BCUT2D eigenvalue weighted by molar-refractivity contribution is 5.65. The summed E-state index contributed by atoms with van der Waals surface area (Å²) in [4.78, 5) is 0. The van der Waals surface area contributed by atoms with Gasteiger partial charge in [0.15, 0.2) is 0 Å². The summed E-state index contributed by atoms with van der Waals surface area (Å²) < 4.78 is 27.7. The SMILES string of the molecule is C/C=C/Cc1ccc(-c2ccc(C#Cc3c(F)cc(C)cc3F)cc2)cc1. The molecule has 0 heterocycles. The predicted octanol–water partition coefficient (Wildman–Crippen LogP) is 6.46. The molecule has 0 bridgehead atoms. The molecule has 0 radical (unpaired) electrons. The summed E-state index contributed by atoms with van der Waals surface area (Å²) in [5.41, 5.74) is 4.52. The second-order valence-electron chi connectivity index (χ2n) is 6.40. The largest absolute Gasteiger partial charge is 0.206 e. The summed E-state index contributed by atoms with van der Waals surface area (Å²) in [6.07, 6.45) is 5.10. The third kappa shape index (κ3) is 4.71. The molecular weight excluding hydrogens is 338 g/mol. The molecule has 0 N–H and O–H groups in total. The maximum absolute atomic E-state index is 13.9. The summed E-state index contributed by atoms with van der Waals surface area (Å²) in [5.74, 6) is 4.18. The zero-order valence-electron chi connectivity index (χ0n) is 15.4. The van der Waals surface area contributed by atoms with E-state index in [9.17, 15) is 8.78 Å². The molecule has 2 heteroatoms. The van der Waals surface area contributed by atoms with Crippen LogP contribution in [-0.2, 0) is 6.42 Å². The number of allylic oxidation sites excluding steroid dienone is 2. The summed E-state index contributed by atoms with van der Waals surface area (Å²) >= 11 is 0. The lowest BCUT2D eigenvalue weighted by Gasteiger charge is -2.04. The Balaban J connectivity index is 1.79. The maximum atomic E-state index is 13.9. The van der Waals surface area contributed by atoms with Crippen molar-refractivity contribution in [3.63, 3.8) is 0 Å². The fourth-order valence-corrected chi connectivity index (χ4v) is 2.79. The Hall–Kier alpha value is -3.18. The van der Waals surface area contributed by atoms with Crippen LogP contribution in [0.25, 0.3) is 11.1 Å². The van der Waals surface area contributed by atoms with Crippen LogP contribution in [0.2, 0.25) is 0 Å². The van der Waals surface area contributed by atoms with Crippen LogP contribution in [0, 0.1) is 30.4 Å². The molecule has 0 spiro atoms. The van der Waals surface area contributed by atoms with Gasteiger partial charge in [-0.25, -0.2) is 8.78 Å². The summed E-state index contributed by atoms with van der Waals surface area (Å²) in [7, 11) is 0. The van der Waals surface area contributed by atoms with Crippen molar-refractivity contribution in [3.05, 3.63) is 107 Å². The molecule has 0 nitrogen and oxygen atoms in total. The Labute approximate surface area is 159 Å². The van der Waals surface area contributed by atoms with Crippen molar-refractivity contribution < 1.29 is 8.78 Å². The lowest BCUT2D eigenvalue weighted by atomic mass is 10.0. The molecule has 0 aliphatic heterocycles. The quantitative estimate of drug-likeness (QED) is 0.372. The van der Waals surface area contributed by atoms with E-state index in [1.807, 2.05) is 37.3 Å². The maximum Gasteiger partial charge on any atom is 0.142 e. The number of hydrogen-bond donors (Lipinski definition) is 0. The number of halogens is 2. The molecule has 3 rings (SSSR count). The van der Waals surface area contributed by atoms with Crippen LogP contribution in [-0.4, -0.2) is 0 Å². The molecule has 0 aliphatic rings. The van der Waals surface area contributed by atoms with Gasteiger partial charge in [-0.3, -0.25) is 0 Å². The van der Waals surface area contributed by atoms with Gasteiger partial charge in [0, 0.05) is 5.56 Å². The molecule has 0 fully saturated rings. The van der Waals surface area contributed by atoms with Crippen LogP contribution >= 0.6 is 0 Å². The third-order valence-electron chi connectivity index (χ3n) is 4.28. The second kappa shape index (κ2) is 8.47. The Morgan fingerprint density at radius 1 is 0.815 bits per heavy atom. The molecule has 0 unspecified atom stereocenters. The highest BCUT2D eigenvalue weighted by atomic mass is 19.1. The second-order valence-corrected chi connectivity index (χ2v) is 6.40. The molecule has 3 aromatic carbocycles. The molecule has 0 aliphatic carbocycles. The molecule has 0 atom stereocenters. The van der Waals surface area contributed by atoms with Crippen molar-refractivity contribution in [2.45, 2.75) is 20.3 Å². The Kier molecular flexibility index (Phi) is 5.84. The molecule has 0 amide bonds. The third-order valence-corrected chi connectivity index (χ3v) is 4.28. The van der Waals surface area contributed by atoms with Gasteiger partial charge in [0.2, 0.25) is 0 Å². The van der Waals surface area contributed by atoms with Gasteiger partial charge in [0.1, 0.15) is 11.6 Å². The number of rotatable bonds is 3. The van der Waals surface area contributed by atoms with E-state index in [1.54, 1.807) is 6.92 Å². The van der Waals surface area contributed by atoms with E-state index in [1.165, 1.54) is 17.7 Å². The molecule has 0 saturated carbocycles. The predicted molar refractivity (Wildman–Crippen MR) is 107 cm³/mol. The van der Waals surface area contributed by atoms with Crippen molar-refractivity contribution in [2.24, 2.45) is 0 Å². The van der Waals surface area contributed by atoms with Crippen molar-refractivity contribution in [1.82, 2.24) is 0 Å². The van der Waals surface area contributed by atoms with Crippen molar-refractivity contribution in [1.29, 1.82) is 0 Å². The van der Waals surface area contributed by atoms with Crippen LogP contribution in [0.3, 0.4) is 0 Å². The molecule has 3 aromatic rings. The van der Waals surface area contributed by atoms with Gasteiger partial charge in [-0.1, -0.05) is 60.4 Å². The van der Waals surface area contributed by atoms with E-state index in [-0.39, 0.29) is 5.56 Å². The smallest absolute Gasteiger partial charge is 0.142 e. The lowest BCUT2D eigenvalue weighted by Crippen LogP contribution is -1.91. The van der Waals surface area contributed by atoms with Crippen LogP contribution in [0.4, 0.5) is 8.78 Å². The number of benzene rings is 3. The van der Waals surface area contributed by atoms with E-state index in [0.717, 1.165) is 17.5 Å². The standard InChI is InChI=1S/C25H20F2/c1-3-4-5-19-6-11-21(12-7-19)22-13-8-20(9-14-22)10-15-23-24(26)16-18(2)17-25(23)27/h3-4,6-9,11-14,16-17H,5H2,1-2H3/b4-3+. The summed E-state index contributed by atoms with van der Waals surface area (Å²) in [6, 6.07) is 18.7. The van der Waals surface area contributed by atoms with Gasteiger partial charge in [0.05, 0.1) is 5.56 Å². The molecule has 0 aromatic heterocycles. The lowest BCUT2D eigenvalue weighted by molar-refractivity contribution is 0.575. The first kappa shape index (κ1) is 18.6. The van der Waals surface area contributed by atoms with Gasteiger partial charge in [-0.05, 0) is 66.8 Å².